The molecule has 1 aliphatic rings. The highest BCUT2D eigenvalue weighted by molar-refractivity contribution is 5.73. The van der Waals surface area contributed by atoms with Crippen molar-refractivity contribution in [2.45, 2.75) is 32.2 Å². The third kappa shape index (κ3) is 2.34. The molecule has 1 saturated heterocycles. The molecule has 0 saturated carbocycles. The van der Waals surface area contributed by atoms with Crippen molar-refractivity contribution in [3.8, 4) is 0 Å². The van der Waals surface area contributed by atoms with Gasteiger partial charge in [-0.25, -0.2) is 4.98 Å². The van der Waals surface area contributed by atoms with Crippen LogP contribution in [0.1, 0.15) is 43.7 Å². The van der Waals surface area contributed by atoms with Crippen LogP contribution in [0.3, 0.4) is 0 Å². The Bertz CT molecular complexity index is 605. The molecule has 0 aliphatic carbocycles. The van der Waals surface area contributed by atoms with Gasteiger partial charge in [0.1, 0.15) is 5.52 Å². The average molecular weight is 273 g/mol. The Morgan fingerprint density at radius 3 is 2.90 bits per heavy atom. The summed E-state index contributed by atoms with van der Waals surface area (Å²) in [6.45, 7) is 6.05. The Labute approximate surface area is 120 Å². The first-order chi connectivity index (χ1) is 9.58. The third-order valence-corrected chi connectivity index (χ3v) is 4.28. The molecular formula is C16H23N3O. The molecule has 1 aliphatic heterocycles. The fourth-order valence-electron chi connectivity index (χ4n) is 3.08. The maximum Gasteiger partial charge on any atom is 0.198 e. The molecule has 2 atom stereocenters. The first kappa shape index (κ1) is 13.6. The highest BCUT2D eigenvalue weighted by atomic mass is 16.3. The second-order valence-electron chi connectivity index (χ2n) is 6.23. The number of rotatable bonds is 3. The number of oxazole rings is 1. The maximum absolute atomic E-state index is 5.81. The van der Waals surface area contributed by atoms with E-state index in [0.29, 0.717) is 17.9 Å². The van der Waals surface area contributed by atoms with Crippen molar-refractivity contribution in [1.29, 1.82) is 0 Å². The van der Waals surface area contributed by atoms with Crippen LogP contribution >= 0.6 is 0 Å². The van der Waals surface area contributed by atoms with E-state index in [9.17, 15) is 0 Å². The zero-order valence-corrected chi connectivity index (χ0v) is 12.5. The van der Waals surface area contributed by atoms with E-state index in [4.69, 9.17) is 10.2 Å². The summed E-state index contributed by atoms with van der Waals surface area (Å²) in [7, 11) is 2.17. The van der Waals surface area contributed by atoms with Gasteiger partial charge in [0.25, 0.3) is 0 Å². The molecule has 0 spiro atoms. The lowest BCUT2D eigenvalue weighted by atomic mass is 10.00. The Morgan fingerprint density at radius 2 is 2.25 bits per heavy atom. The lowest BCUT2D eigenvalue weighted by Gasteiger charge is -2.19. The van der Waals surface area contributed by atoms with Gasteiger partial charge >= 0.3 is 0 Å². The average Bonchev–Trinajstić information content (AvgIpc) is 3.00. The van der Waals surface area contributed by atoms with E-state index < -0.39 is 0 Å². The molecular weight excluding hydrogens is 250 g/mol. The molecule has 0 amide bonds. The Balaban J connectivity index is 1.92. The lowest BCUT2D eigenvalue weighted by molar-refractivity contribution is 0.314. The minimum atomic E-state index is 0.321. The quantitative estimate of drug-likeness (QED) is 0.934. The molecule has 3 rings (SSSR count). The van der Waals surface area contributed by atoms with Crippen LogP contribution in [0.4, 0.5) is 0 Å². The van der Waals surface area contributed by atoms with E-state index >= 15 is 0 Å². The molecule has 1 aromatic carbocycles. The van der Waals surface area contributed by atoms with Crippen LogP contribution in [-0.2, 0) is 0 Å². The highest BCUT2D eigenvalue weighted by Crippen LogP contribution is 2.35. The Morgan fingerprint density at radius 1 is 1.45 bits per heavy atom. The van der Waals surface area contributed by atoms with Gasteiger partial charge in [-0.2, -0.15) is 0 Å². The van der Waals surface area contributed by atoms with Gasteiger partial charge in [-0.3, -0.25) is 4.90 Å². The molecule has 2 N–H and O–H groups in total. The Kier molecular flexibility index (Phi) is 3.52. The minimum absolute atomic E-state index is 0.321. The standard InChI is InChI=1S/C16H23N3O/c1-10(2)16-18-13-7-12(4-5-15(13)20-16)14-6-11(8-17)9-19(14)3/h4-5,7,10-11,14H,6,8-9,17H2,1-3H3. The number of aromatic nitrogens is 1. The van der Waals surface area contributed by atoms with Crippen LogP contribution in [0, 0.1) is 5.92 Å². The second-order valence-corrected chi connectivity index (χ2v) is 6.23. The molecule has 0 bridgehead atoms. The van der Waals surface area contributed by atoms with Crippen LogP contribution in [0.15, 0.2) is 22.6 Å². The van der Waals surface area contributed by atoms with E-state index in [1.165, 1.54) is 5.56 Å². The zero-order chi connectivity index (χ0) is 14.3. The number of nitrogens with two attached hydrogens (primary N) is 1. The van der Waals surface area contributed by atoms with Crippen LogP contribution in [-0.4, -0.2) is 30.0 Å². The summed E-state index contributed by atoms with van der Waals surface area (Å²) >= 11 is 0. The SMILES string of the molecule is CC(C)c1nc2cc(C3CC(CN)CN3C)ccc2o1. The van der Waals surface area contributed by atoms with Crippen molar-refractivity contribution in [2.75, 3.05) is 20.1 Å². The van der Waals surface area contributed by atoms with E-state index in [1.807, 2.05) is 6.07 Å². The topological polar surface area (TPSA) is 55.3 Å². The van der Waals surface area contributed by atoms with Crippen LogP contribution < -0.4 is 5.73 Å². The predicted molar refractivity (Wildman–Crippen MR) is 80.6 cm³/mol. The van der Waals surface area contributed by atoms with Crippen molar-refractivity contribution in [2.24, 2.45) is 11.7 Å². The van der Waals surface area contributed by atoms with Gasteiger partial charge in [0.15, 0.2) is 11.5 Å². The number of hydrogen-bond donors (Lipinski definition) is 1. The van der Waals surface area contributed by atoms with E-state index in [2.05, 4.69) is 42.9 Å². The third-order valence-electron chi connectivity index (χ3n) is 4.28. The van der Waals surface area contributed by atoms with Gasteiger partial charge in [-0.05, 0) is 43.6 Å². The van der Waals surface area contributed by atoms with Gasteiger partial charge in [0.2, 0.25) is 0 Å². The monoisotopic (exact) mass is 273 g/mol. The van der Waals surface area contributed by atoms with Crippen molar-refractivity contribution in [3.63, 3.8) is 0 Å². The first-order valence-corrected chi connectivity index (χ1v) is 7.39. The fraction of sp³-hybridized carbons (Fsp3) is 0.562. The van der Waals surface area contributed by atoms with Crippen molar-refractivity contribution in [3.05, 3.63) is 29.7 Å². The fourth-order valence-corrected chi connectivity index (χ4v) is 3.08. The molecule has 2 unspecified atom stereocenters. The molecule has 4 nitrogen and oxygen atoms in total. The number of nitrogens with zero attached hydrogens (tertiary/aromatic N) is 2. The van der Waals surface area contributed by atoms with Gasteiger partial charge in [-0.1, -0.05) is 19.9 Å². The molecule has 2 heterocycles. The molecule has 0 radical (unpaired) electrons. The summed E-state index contributed by atoms with van der Waals surface area (Å²) in [4.78, 5) is 6.99. The van der Waals surface area contributed by atoms with Crippen molar-refractivity contribution < 1.29 is 4.42 Å². The molecule has 4 heteroatoms. The predicted octanol–water partition coefficient (Wildman–Crippen LogP) is 2.90. The summed E-state index contributed by atoms with van der Waals surface area (Å²) in [6, 6.07) is 6.84. The van der Waals surface area contributed by atoms with E-state index in [1.54, 1.807) is 0 Å². The highest BCUT2D eigenvalue weighted by Gasteiger charge is 2.29. The summed E-state index contributed by atoms with van der Waals surface area (Å²) < 4.78 is 5.77. The van der Waals surface area contributed by atoms with Crippen molar-refractivity contribution >= 4 is 11.1 Å². The summed E-state index contributed by atoms with van der Waals surface area (Å²) in [5.41, 5.74) is 8.98. The lowest BCUT2D eigenvalue weighted by Crippen LogP contribution is -2.20. The van der Waals surface area contributed by atoms with Crippen LogP contribution in [0.2, 0.25) is 0 Å². The van der Waals surface area contributed by atoms with Gasteiger partial charge in [0, 0.05) is 18.5 Å². The van der Waals surface area contributed by atoms with Gasteiger partial charge < -0.3 is 10.2 Å². The molecule has 2 aromatic rings. The van der Waals surface area contributed by atoms with Gasteiger partial charge in [-0.15, -0.1) is 0 Å². The van der Waals surface area contributed by atoms with E-state index in [-0.39, 0.29) is 0 Å². The van der Waals surface area contributed by atoms with Crippen LogP contribution in [0.25, 0.3) is 11.1 Å². The van der Waals surface area contributed by atoms with E-state index in [0.717, 1.165) is 36.5 Å². The summed E-state index contributed by atoms with van der Waals surface area (Å²) in [5, 5.41) is 0. The number of benzene rings is 1. The smallest absolute Gasteiger partial charge is 0.198 e. The molecule has 108 valence electrons. The van der Waals surface area contributed by atoms with Gasteiger partial charge in [0.05, 0.1) is 0 Å². The zero-order valence-electron chi connectivity index (χ0n) is 12.5. The molecule has 1 aromatic heterocycles. The number of fused-ring (bicyclic) bond motifs is 1. The largest absolute Gasteiger partial charge is 0.440 e. The summed E-state index contributed by atoms with van der Waals surface area (Å²) in [5.74, 6) is 1.74. The first-order valence-electron chi connectivity index (χ1n) is 7.39. The number of hydrogen-bond acceptors (Lipinski definition) is 4. The van der Waals surface area contributed by atoms with Crippen LogP contribution in [0.5, 0.6) is 0 Å². The molecule has 1 fully saturated rings. The number of likely N-dealkylation sites (tertiary alicyclic amines) is 1. The molecule has 20 heavy (non-hydrogen) atoms. The summed E-state index contributed by atoms with van der Waals surface area (Å²) in [6.07, 6.45) is 1.13. The maximum atomic E-state index is 5.81. The Hall–Kier alpha value is -1.39. The normalized spacial score (nSPS) is 24.1. The second kappa shape index (κ2) is 5.19. The van der Waals surface area contributed by atoms with Crippen molar-refractivity contribution in [1.82, 2.24) is 9.88 Å². The minimum Gasteiger partial charge on any atom is -0.440 e.